The van der Waals surface area contributed by atoms with Gasteiger partial charge in [-0.25, -0.2) is 4.98 Å². The lowest BCUT2D eigenvalue weighted by Crippen LogP contribution is -2.20. The van der Waals surface area contributed by atoms with Gasteiger partial charge in [0.1, 0.15) is 5.76 Å². The van der Waals surface area contributed by atoms with E-state index in [1.165, 1.54) is 11.3 Å². The Hall–Kier alpha value is -1.79. The summed E-state index contributed by atoms with van der Waals surface area (Å²) in [5, 5.41) is 5.28. The minimum atomic E-state index is 0.794. The number of aromatic nitrogens is 2. The maximum absolute atomic E-state index is 5.36. The van der Waals surface area contributed by atoms with Gasteiger partial charge in [-0.3, -0.25) is 4.40 Å². The van der Waals surface area contributed by atoms with E-state index in [1.54, 1.807) is 17.6 Å². The van der Waals surface area contributed by atoms with Crippen LogP contribution >= 0.6 is 11.3 Å². The molecule has 0 bridgehead atoms. The van der Waals surface area contributed by atoms with E-state index in [0.29, 0.717) is 0 Å². The van der Waals surface area contributed by atoms with Crippen LogP contribution in [-0.2, 0) is 13.1 Å². The van der Waals surface area contributed by atoms with Crippen LogP contribution < -0.4 is 10.2 Å². The molecule has 0 radical (unpaired) electrons. The van der Waals surface area contributed by atoms with Gasteiger partial charge in [-0.15, -0.1) is 11.3 Å². The van der Waals surface area contributed by atoms with Crippen LogP contribution in [0, 0.1) is 6.92 Å². The molecule has 0 spiro atoms. The van der Waals surface area contributed by atoms with Gasteiger partial charge in [0.05, 0.1) is 12.0 Å². The smallest absolute Gasteiger partial charge is 0.195 e. The SMILES string of the molecule is CNCc1c(N(C)Cc2ccoc2C)nc2sccn12. The standard InChI is InChI=1S/C14H18N4OS/c1-10-11(4-6-19-10)9-17(3)13-12(8-15-2)18-5-7-20-14(18)16-13/h4-7,15H,8-9H2,1-3H3. The molecule has 0 aliphatic carbocycles. The predicted octanol–water partition coefficient (Wildman–Crippen LogP) is 2.65. The molecule has 0 fully saturated rings. The maximum atomic E-state index is 5.36. The topological polar surface area (TPSA) is 45.7 Å². The van der Waals surface area contributed by atoms with Crippen LogP contribution in [0.25, 0.3) is 4.96 Å². The summed E-state index contributed by atoms with van der Waals surface area (Å²) in [4.78, 5) is 7.94. The summed E-state index contributed by atoms with van der Waals surface area (Å²) in [5.41, 5.74) is 2.38. The van der Waals surface area contributed by atoms with Crippen LogP contribution in [0.4, 0.5) is 5.82 Å². The van der Waals surface area contributed by atoms with E-state index in [-0.39, 0.29) is 0 Å². The van der Waals surface area contributed by atoms with Crippen molar-refractivity contribution in [1.29, 1.82) is 0 Å². The first-order valence-corrected chi connectivity index (χ1v) is 7.41. The van der Waals surface area contributed by atoms with Crippen molar-refractivity contribution in [3.8, 4) is 0 Å². The molecule has 0 aromatic carbocycles. The largest absolute Gasteiger partial charge is 0.469 e. The van der Waals surface area contributed by atoms with Gasteiger partial charge in [-0.05, 0) is 20.0 Å². The number of rotatable bonds is 5. The van der Waals surface area contributed by atoms with Crippen LogP contribution in [-0.4, -0.2) is 23.5 Å². The van der Waals surface area contributed by atoms with Gasteiger partial charge in [0.2, 0.25) is 0 Å². The third-order valence-electron chi connectivity index (χ3n) is 3.42. The number of nitrogens with one attached hydrogen (secondary N) is 1. The third kappa shape index (κ3) is 2.21. The van der Waals surface area contributed by atoms with Gasteiger partial charge in [0.25, 0.3) is 0 Å². The van der Waals surface area contributed by atoms with Crippen LogP contribution in [0.2, 0.25) is 0 Å². The van der Waals surface area contributed by atoms with Gasteiger partial charge in [0, 0.05) is 37.3 Å². The van der Waals surface area contributed by atoms with Crippen LogP contribution in [0.15, 0.2) is 28.3 Å². The molecule has 1 N–H and O–H groups in total. The van der Waals surface area contributed by atoms with Crippen molar-refractivity contribution in [2.45, 2.75) is 20.0 Å². The summed E-state index contributed by atoms with van der Waals surface area (Å²) in [6.45, 7) is 3.58. The molecule has 3 heterocycles. The average molecular weight is 290 g/mol. The van der Waals surface area contributed by atoms with Crippen molar-refractivity contribution in [3.63, 3.8) is 0 Å². The number of anilines is 1. The molecular formula is C14H18N4OS. The molecular weight excluding hydrogens is 272 g/mol. The normalized spacial score (nSPS) is 11.3. The Bertz CT molecular complexity index is 712. The highest BCUT2D eigenvalue weighted by atomic mass is 32.1. The summed E-state index contributed by atoms with van der Waals surface area (Å²) in [5.74, 6) is 1.99. The number of thiazole rings is 1. The number of hydrogen-bond donors (Lipinski definition) is 1. The fourth-order valence-electron chi connectivity index (χ4n) is 2.36. The minimum absolute atomic E-state index is 0.794. The number of nitrogens with zero attached hydrogens (tertiary/aromatic N) is 3. The lowest BCUT2D eigenvalue weighted by Gasteiger charge is -2.18. The van der Waals surface area contributed by atoms with Gasteiger partial charge in [-0.2, -0.15) is 0 Å². The Kier molecular flexibility index (Phi) is 3.50. The fraction of sp³-hybridized carbons (Fsp3) is 0.357. The first kappa shape index (κ1) is 13.2. The quantitative estimate of drug-likeness (QED) is 0.784. The zero-order chi connectivity index (χ0) is 14.1. The van der Waals surface area contributed by atoms with Gasteiger partial charge < -0.3 is 14.6 Å². The number of hydrogen-bond acceptors (Lipinski definition) is 5. The van der Waals surface area contributed by atoms with E-state index in [0.717, 1.165) is 29.6 Å². The Labute approximate surface area is 121 Å². The van der Waals surface area contributed by atoms with Crippen molar-refractivity contribution in [3.05, 3.63) is 40.9 Å². The number of imidazole rings is 1. The second-order valence-corrected chi connectivity index (χ2v) is 5.70. The summed E-state index contributed by atoms with van der Waals surface area (Å²) in [6, 6.07) is 2.02. The Morgan fingerprint density at radius 2 is 2.35 bits per heavy atom. The predicted molar refractivity (Wildman–Crippen MR) is 81.4 cm³/mol. The van der Waals surface area contributed by atoms with E-state index in [1.807, 2.05) is 20.0 Å². The highest BCUT2D eigenvalue weighted by Crippen LogP contribution is 2.25. The molecule has 3 aromatic rings. The molecule has 20 heavy (non-hydrogen) atoms. The van der Waals surface area contributed by atoms with Crippen molar-refractivity contribution in [2.24, 2.45) is 0 Å². The van der Waals surface area contributed by atoms with Crippen molar-refractivity contribution in [2.75, 3.05) is 19.0 Å². The summed E-state index contributed by atoms with van der Waals surface area (Å²) in [6.07, 6.45) is 3.80. The molecule has 0 unspecified atom stereocenters. The average Bonchev–Trinajstić information content (AvgIpc) is 3.09. The van der Waals surface area contributed by atoms with Gasteiger partial charge in [0.15, 0.2) is 10.8 Å². The van der Waals surface area contributed by atoms with Gasteiger partial charge >= 0.3 is 0 Å². The van der Waals surface area contributed by atoms with E-state index in [4.69, 9.17) is 9.40 Å². The summed E-state index contributed by atoms with van der Waals surface area (Å²) >= 11 is 1.66. The molecule has 0 amide bonds. The van der Waals surface area contributed by atoms with E-state index < -0.39 is 0 Å². The summed E-state index contributed by atoms with van der Waals surface area (Å²) < 4.78 is 7.51. The van der Waals surface area contributed by atoms with Crippen molar-refractivity contribution < 1.29 is 4.42 Å². The van der Waals surface area contributed by atoms with Gasteiger partial charge in [-0.1, -0.05) is 0 Å². The summed E-state index contributed by atoms with van der Waals surface area (Å²) in [7, 11) is 4.02. The molecule has 0 aliphatic heterocycles. The second-order valence-electron chi connectivity index (χ2n) is 4.83. The van der Waals surface area contributed by atoms with Crippen molar-refractivity contribution in [1.82, 2.24) is 14.7 Å². The number of aryl methyl sites for hydroxylation is 1. The molecule has 106 valence electrons. The molecule has 0 saturated heterocycles. The molecule has 6 heteroatoms. The van der Waals surface area contributed by atoms with E-state index in [9.17, 15) is 0 Å². The lowest BCUT2D eigenvalue weighted by atomic mass is 10.2. The Morgan fingerprint density at radius 3 is 3.05 bits per heavy atom. The van der Waals surface area contributed by atoms with Crippen molar-refractivity contribution >= 4 is 22.1 Å². The monoisotopic (exact) mass is 290 g/mol. The minimum Gasteiger partial charge on any atom is -0.469 e. The first-order chi connectivity index (χ1) is 9.70. The highest BCUT2D eigenvalue weighted by molar-refractivity contribution is 7.15. The lowest BCUT2D eigenvalue weighted by molar-refractivity contribution is 0.529. The molecule has 0 atom stereocenters. The Balaban J connectivity index is 1.94. The number of fused-ring (bicyclic) bond motifs is 1. The molecule has 3 aromatic heterocycles. The Morgan fingerprint density at radius 1 is 1.50 bits per heavy atom. The highest BCUT2D eigenvalue weighted by Gasteiger charge is 2.17. The molecule has 3 rings (SSSR count). The number of furan rings is 1. The van der Waals surface area contributed by atoms with E-state index >= 15 is 0 Å². The zero-order valence-electron chi connectivity index (χ0n) is 11.9. The fourth-order valence-corrected chi connectivity index (χ4v) is 3.09. The van der Waals surface area contributed by atoms with Crippen LogP contribution in [0.3, 0.4) is 0 Å². The van der Waals surface area contributed by atoms with Crippen LogP contribution in [0.1, 0.15) is 17.0 Å². The maximum Gasteiger partial charge on any atom is 0.195 e. The first-order valence-electron chi connectivity index (χ1n) is 6.54. The van der Waals surface area contributed by atoms with E-state index in [2.05, 4.69) is 33.2 Å². The molecule has 0 saturated carbocycles. The third-order valence-corrected chi connectivity index (χ3v) is 4.18. The molecule has 5 nitrogen and oxygen atoms in total. The second kappa shape index (κ2) is 5.30. The molecule has 0 aliphatic rings. The van der Waals surface area contributed by atoms with Crippen LogP contribution in [0.5, 0.6) is 0 Å². The zero-order valence-corrected chi connectivity index (χ0v) is 12.7.